The predicted molar refractivity (Wildman–Crippen MR) is 77.3 cm³/mol. The number of hydrogen-bond acceptors (Lipinski definition) is 0. The highest BCUT2D eigenvalue weighted by Gasteiger charge is 2.32. The largest absolute Gasteiger partial charge is 0.673 e. The maximum Gasteiger partial charge on any atom is 0.673 e. The average molecular weight is 348 g/mol. The van der Waals surface area contributed by atoms with E-state index in [2.05, 4.69) is 48.5 Å². The second-order valence-electron chi connectivity index (χ2n) is 6.08. The molecule has 0 aromatic rings. The Morgan fingerprint density at radius 2 is 0.762 bits per heavy atom. The first kappa shape index (κ1) is 25.9. The number of hydrogen-bond donors (Lipinski definition) is 0. The molecule has 21 heavy (non-hydrogen) atoms. The van der Waals surface area contributed by atoms with Crippen molar-refractivity contribution in [2.45, 2.75) is 58.8 Å². The van der Waals surface area contributed by atoms with Gasteiger partial charge in [-0.2, -0.15) is 0 Å². The van der Waals surface area contributed by atoms with Crippen LogP contribution < -0.4 is 0 Å². The van der Waals surface area contributed by atoms with E-state index in [0.29, 0.717) is 10.3 Å². The van der Waals surface area contributed by atoms with Gasteiger partial charge in [0.25, 0.3) is 0 Å². The van der Waals surface area contributed by atoms with Gasteiger partial charge >= 0.3 is 14.5 Å². The van der Waals surface area contributed by atoms with Crippen LogP contribution in [0.25, 0.3) is 0 Å². The van der Waals surface area contributed by atoms with Crippen LogP contribution in [0.5, 0.6) is 0 Å². The van der Waals surface area contributed by atoms with Crippen LogP contribution in [-0.4, -0.2) is 31.0 Å². The van der Waals surface area contributed by atoms with Crippen molar-refractivity contribution in [3.63, 3.8) is 0 Å². The lowest BCUT2D eigenvalue weighted by molar-refractivity contribution is 0.366. The molecule has 0 nitrogen and oxygen atoms in total. The van der Waals surface area contributed by atoms with Crippen molar-refractivity contribution in [3.8, 4) is 0 Å². The highest BCUT2D eigenvalue weighted by atomic mass is 31.1. The molecule has 11 heteroatoms. The zero-order valence-corrected chi connectivity index (χ0v) is 14.2. The molecule has 0 N–H and O–H groups in total. The van der Waals surface area contributed by atoms with Crippen molar-refractivity contribution in [2.75, 3.05) is 6.16 Å². The van der Waals surface area contributed by atoms with Crippen molar-refractivity contribution in [1.29, 1.82) is 0 Å². The van der Waals surface area contributed by atoms with Gasteiger partial charge in [-0.1, -0.05) is 56.4 Å². The maximum absolute atomic E-state index is 9.75. The van der Waals surface area contributed by atoms with Crippen molar-refractivity contribution < 1.29 is 34.5 Å². The molecule has 0 aliphatic rings. The average Bonchev–Trinajstić information content (AvgIpc) is 1.89. The quantitative estimate of drug-likeness (QED) is 0.282. The Morgan fingerprint density at radius 3 is 0.762 bits per heavy atom. The first-order chi connectivity index (χ1) is 8.69. The summed E-state index contributed by atoms with van der Waals surface area (Å²) < 4.78 is 78.0. The van der Waals surface area contributed by atoms with Crippen LogP contribution in [0.1, 0.15) is 48.5 Å². The summed E-state index contributed by atoms with van der Waals surface area (Å²) in [5.41, 5.74) is 0. The SMILES string of the molecule is CCP(C(C)(C)C)C(C)(C)C.F[B-](F)(F)F.F[B-](F)(F)F. The predicted octanol–water partition coefficient (Wildman–Crippen LogP) is 6.69. The van der Waals surface area contributed by atoms with Gasteiger partial charge in [0.2, 0.25) is 0 Å². The van der Waals surface area contributed by atoms with Crippen LogP contribution in [0.3, 0.4) is 0 Å². The standard InChI is InChI=1S/C10H23P.2BF4/c1-8-11(9(2,3)4)10(5,6)7;2*2-1(3,4)5/h8H2,1-7H3;;/q;2*-1. The van der Waals surface area contributed by atoms with E-state index in [1.165, 1.54) is 6.16 Å². The molecular weight excluding hydrogens is 325 g/mol. The Balaban J connectivity index is -0.000000270. The van der Waals surface area contributed by atoms with E-state index in [4.69, 9.17) is 0 Å². The summed E-state index contributed by atoms with van der Waals surface area (Å²) in [6.07, 6.45) is 1.35. The van der Waals surface area contributed by atoms with Crippen molar-refractivity contribution >= 4 is 22.4 Å². The third kappa shape index (κ3) is 33.1. The summed E-state index contributed by atoms with van der Waals surface area (Å²) in [6.45, 7) is 16.5. The molecule has 0 aliphatic heterocycles. The molecule has 0 aromatic carbocycles. The van der Waals surface area contributed by atoms with Crippen molar-refractivity contribution in [3.05, 3.63) is 0 Å². The van der Waals surface area contributed by atoms with Crippen LogP contribution >= 0.6 is 7.92 Å². The Morgan fingerprint density at radius 1 is 0.619 bits per heavy atom. The fraction of sp³-hybridized carbons (Fsp3) is 1.00. The summed E-state index contributed by atoms with van der Waals surface area (Å²) in [6, 6.07) is 0. The van der Waals surface area contributed by atoms with Gasteiger partial charge in [-0.15, -0.1) is 0 Å². The molecule has 0 atom stereocenters. The van der Waals surface area contributed by atoms with E-state index in [1.807, 2.05) is 0 Å². The van der Waals surface area contributed by atoms with Gasteiger partial charge in [-0.25, -0.2) is 0 Å². The summed E-state index contributed by atoms with van der Waals surface area (Å²) in [5, 5.41) is 1.03. The lowest BCUT2D eigenvalue weighted by atomic mass is 10.2. The molecule has 0 heterocycles. The first-order valence-electron chi connectivity index (χ1n) is 6.22. The lowest BCUT2D eigenvalue weighted by Crippen LogP contribution is -2.25. The molecule has 0 amide bonds. The Kier molecular flexibility index (Phi) is 11.4. The van der Waals surface area contributed by atoms with E-state index < -0.39 is 14.5 Å². The zero-order chi connectivity index (χ0) is 18.3. The third-order valence-corrected chi connectivity index (χ3v) is 5.81. The van der Waals surface area contributed by atoms with Gasteiger partial charge in [0.15, 0.2) is 0 Å². The van der Waals surface area contributed by atoms with E-state index >= 15 is 0 Å². The normalized spacial score (nSPS) is 13.1. The van der Waals surface area contributed by atoms with E-state index in [-0.39, 0.29) is 7.92 Å². The number of halogens is 8. The molecule has 0 aliphatic carbocycles. The van der Waals surface area contributed by atoms with Crippen LogP contribution in [0.15, 0.2) is 0 Å². The molecule has 0 aromatic heterocycles. The molecule has 0 radical (unpaired) electrons. The zero-order valence-electron chi connectivity index (χ0n) is 13.3. The molecule has 0 bridgehead atoms. The summed E-state index contributed by atoms with van der Waals surface area (Å²) in [5.74, 6) is 0. The smallest absolute Gasteiger partial charge is 0.418 e. The maximum atomic E-state index is 9.75. The fourth-order valence-corrected chi connectivity index (χ4v) is 5.86. The molecule has 0 spiro atoms. The van der Waals surface area contributed by atoms with Crippen LogP contribution in [0.4, 0.5) is 34.5 Å². The van der Waals surface area contributed by atoms with Crippen LogP contribution in [-0.2, 0) is 0 Å². The van der Waals surface area contributed by atoms with E-state index in [9.17, 15) is 34.5 Å². The first-order valence-corrected chi connectivity index (χ1v) is 7.74. The minimum absolute atomic E-state index is 0.159. The van der Waals surface area contributed by atoms with E-state index in [1.54, 1.807) is 0 Å². The highest BCUT2D eigenvalue weighted by molar-refractivity contribution is 7.60. The topological polar surface area (TPSA) is 0 Å². The summed E-state index contributed by atoms with van der Waals surface area (Å²) in [7, 11) is -11.8. The molecule has 0 saturated carbocycles. The van der Waals surface area contributed by atoms with Gasteiger partial charge in [-0.3, -0.25) is 0 Å². The Hall–Kier alpha value is -0.000130. The van der Waals surface area contributed by atoms with Gasteiger partial charge in [-0.05, 0) is 16.5 Å². The molecule has 0 saturated heterocycles. The molecule has 0 fully saturated rings. The lowest BCUT2D eigenvalue weighted by Gasteiger charge is -2.41. The van der Waals surface area contributed by atoms with Crippen LogP contribution in [0, 0.1) is 0 Å². The van der Waals surface area contributed by atoms with Crippen molar-refractivity contribution in [1.82, 2.24) is 0 Å². The van der Waals surface area contributed by atoms with Crippen molar-refractivity contribution in [2.24, 2.45) is 0 Å². The fourth-order valence-electron chi connectivity index (χ4n) is 1.95. The summed E-state index contributed by atoms with van der Waals surface area (Å²) in [4.78, 5) is 0. The number of rotatable bonds is 1. The molecule has 0 rings (SSSR count). The second kappa shape index (κ2) is 9.21. The van der Waals surface area contributed by atoms with E-state index in [0.717, 1.165) is 0 Å². The minimum Gasteiger partial charge on any atom is -0.418 e. The Bertz CT molecular complexity index is 226. The molecular formula is C10H23B2F8P-2. The van der Waals surface area contributed by atoms with Gasteiger partial charge < -0.3 is 34.5 Å². The second-order valence-corrected chi connectivity index (χ2v) is 10.2. The van der Waals surface area contributed by atoms with Gasteiger partial charge in [0.1, 0.15) is 0 Å². The van der Waals surface area contributed by atoms with Crippen LogP contribution in [0.2, 0.25) is 0 Å². The minimum atomic E-state index is -6.00. The monoisotopic (exact) mass is 348 g/mol. The third-order valence-electron chi connectivity index (χ3n) is 1.94. The molecule has 0 unspecified atom stereocenters. The highest BCUT2D eigenvalue weighted by Crippen LogP contribution is 2.58. The van der Waals surface area contributed by atoms with Gasteiger partial charge in [0.05, 0.1) is 0 Å². The molecule has 132 valence electrons. The summed E-state index contributed by atoms with van der Waals surface area (Å²) >= 11 is 0. The Labute approximate surface area is 123 Å². The van der Waals surface area contributed by atoms with Gasteiger partial charge in [0, 0.05) is 0 Å².